The van der Waals surface area contributed by atoms with Gasteiger partial charge >= 0.3 is 12.1 Å². The third kappa shape index (κ3) is 3.41. The molecule has 0 aromatic carbocycles. The van der Waals surface area contributed by atoms with Crippen molar-refractivity contribution in [3.05, 3.63) is 0 Å². The number of rotatable bonds is 3. The number of nitrogens with one attached hydrogen (secondary N) is 1. The molecule has 6 heteroatoms. The van der Waals surface area contributed by atoms with E-state index in [1.54, 1.807) is 0 Å². The van der Waals surface area contributed by atoms with E-state index in [-0.39, 0.29) is 0 Å². The van der Waals surface area contributed by atoms with Crippen LogP contribution >= 0.6 is 0 Å². The molecule has 6 nitrogen and oxygen atoms in total. The molecule has 64 valence electrons. The molecule has 0 aliphatic heterocycles. The first-order valence-corrected chi connectivity index (χ1v) is 2.80. The molecule has 1 amide bonds. The van der Waals surface area contributed by atoms with Crippen LogP contribution < -0.4 is 5.32 Å². The van der Waals surface area contributed by atoms with Gasteiger partial charge in [0, 0.05) is 0 Å². The first kappa shape index (κ1) is 9.70. The van der Waals surface area contributed by atoms with E-state index in [0.717, 1.165) is 7.11 Å². The standard InChI is InChI=1S/C5H9NO5/c1-11-5(10)6-3(2-7)4(8)9/h3,7H,2H2,1H3,(H,6,10)(H,8,9). The van der Waals surface area contributed by atoms with E-state index in [4.69, 9.17) is 10.2 Å². The van der Waals surface area contributed by atoms with Gasteiger partial charge in [0.1, 0.15) is 0 Å². The molecule has 1 atom stereocenters. The van der Waals surface area contributed by atoms with Gasteiger partial charge in [0.2, 0.25) is 0 Å². The summed E-state index contributed by atoms with van der Waals surface area (Å²) in [7, 11) is 1.10. The Hall–Kier alpha value is -1.30. The Kier molecular flexibility index (Phi) is 3.97. The Labute approximate surface area is 62.8 Å². The number of methoxy groups -OCH3 is 1. The lowest BCUT2D eigenvalue weighted by molar-refractivity contribution is -0.140. The van der Waals surface area contributed by atoms with E-state index in [0.29, 0.717) is 0 Å². The van der Waals surface area contributed by atoms with Crippen molar-refractivity contribution in [3.63, 3.8) is 0 Å². The average Bonchev–Trinajstić information content (AvgIpc) is 1.99. The van der Waals surface area contributed by atoms with Gasteiger partial charge in [-0.15, -0.1) is 0 Å². The number of carboxylic acids is 1. The van der Waals surface area contributed by atoms with E-state index in [2.05, 4.69) is 4.74 Å². The molecule has 0 fully saturated rings. The predicted octanol–water partition coefficient (Wildman–Crippen LogP) is -1.21. The fourth-order valence-corrected chi connectivity index (χ4v) is 0.387. The minimum atomic E-state index is -1.31. The number of carbonyl (C=O) groups is 2. The van der Waals surface area contributed by atoms with E-state index >= 15 is 0 Å². The maximum atomic E-state index is 10.4. The maximum Gasteiger partial charge on any atom is 0.407 e. The van der Waals surface area contributed by atoms with Crippen molar-refractivity contribution in [1.82, 2.24) is 5.32 Å². The molecule has 0 aromatic heterocycles. The van der Waals surface area contributed by atoms with Crippen LogP contribution in [0, 0.1) is 0 Å². The van der Waals surface area contributed by atoms with E-state index in [1.165, 1.54) is 0 Å². The average molecular weight is 163 g/mol. The summed E-state index contributed by atoms with van der Waals surface area (Å²) < 4.78 is 4.11. The van der Waals surface area contributed by atoms with E-state index in [1.807, 2.05) is 5.32 Å². The molecule has 0 spiro atoms. The third-order valence-corrected chi connectivity index (χ3v) is 0.958. The molecule has 0 aliphatic carbocycles. The summed E-state index contributed by atoms with van der Waals surface area (Å²) in [6, 6.07) is -1.30. The summed E-state index contributed by atoms with van der Waals surface area (Å²) in [6.45, 7) is -0.662. The normalized spacial score (nSPS) is 11.8. The summed E-state index contributed by atoms with van der Waals surface area (Å²) in [5.74, 6) is -1.31. The van der Waals surface area contributed by atoms with Gasteiger partial charge in [-0.25, -0.2) is 9.59 Å². The van der Waals surface area contributed by atoms with Crippen LogP contribution in [0.25, 0.3) is 0 Å². The lowest BCUT2D eigenvalue weighted by atomic mass is 10.3. The molecule has 0 saturated carbocycles. The number of alkyl carbamates (subject to hydrolysis) is 1. The molecule has 11 heavy (non-hydrogen) atoms. The van der Waals surface area contributed by atoms with Crippen LogP contribution in [0.5, 0.6) is 0 Å². The van der Waals surface area contributed by atoms with Crippen LogP contribution in [-0.2, 0) is 9.53 Å². The Balaban J connectivity index is 3.88. The van der Waals surface area contributed by atoms with Crippen LogP contribution in [0.1, 0.15) is 0 Å². The number of amides is 1. The molecule has 0 aliphatic rings. The molecule has 3 N–H and O–H groups in total. The van der Waals surface area contributed by atoms with Gasteiger partial charge in [0.25, 0.3) is 0 Å². The van der Waals surface area contributed by atoms with Crippen LogP contribution in [0.4, 0.5) is 4.79 Å². The number of hydrogen-bond donors (Lipinski definition) is 3. The van der Waals surface area contributed by atoms with Crippen molar-refractivity contribution in [3.8, 4) is 0 Å². The number of aliphatic carboxylic acids is 1. The molecule has 0 rings (SSSR count). The smallest absolute Gasteiger partial charge is 0.407 e. The quantitative estimate of drug-likeness (QED) is 0.485. The third-order valence-electron chi connectivity index (χ3n) is 0.958. The Morgan fingerprint density at radius 1 is 1.64 bits per heavy atom. The van der Waals surface area contributed by atoms with Crippen LogP contribution in [-0.4, -0.2) is 42.0 Å². The second kappa shape index (κ2) is 4.51. The van der Waals surface area contributed by atoms with Gasteiger partial charge in [-0.2, -0.15) is 0 Å². The topological polar surface area (TPSA) is 95.9 Å². The highest BCUT2D eigenvalue weighted by atomic mass is 16.5. The van der Waals surface area contributed by atoms with Crippen molar-refractivity contribution in [2.45, 2.75) is 6.04 Å². The first-order valence-electron chi connectivity index (χ1n) is 2.80. The van der Waals surface area contributed by atoms with Gasteiger partial charge in [-0.3, -0.25) is 0 Å². The predicted molar refractivity (Wildman–Crippen MR) is 34.1 cm³/mol. The summed E-state index contributed by atoms with van der Waals surface area (Å²) in [6.07, 6.45) is -0.883. The van der Waals surface area contributed by atoms with Crippen molar-refractivity contribution in [2.24, 2.45) is 0 Å². The van der Waals surface area contributed by atoms with Crippen molar-refractivity contribution in [2.75, 3.05) is 13.7 Å². The largest absolute Gasteiger partial charge is 0.480 e. The van der Waals surface area contributed by atoms with Crippen LogP contribution in [0.15, 0.2) is 0 Å². The van der Waals surface area contributed by atoms with Crippen molar-refractivity contribution in [1.29, 1.82) is 0 Å². The fraction of sp³-hybridized carbons (Fsp3) is 0.600. The molecule has 0 bridgehead atoms. The molecule has 0 radical (unpaired) electrons. The Morgan fingerprint density at radius 2 is 2.18 bits per heavy atom. The SMILES string of the molecule is COC(=O)NC(CO)C(=O)O. The highest BCUT2D eigenvalue weighted by Crippen LogP contribution is 1.83. The number of carboxylic acid groups (broad SMARTS) is 1. The summed E-state index contributed by atoms with van der Waals surface area (Å²) >= 11 is 0. The molecular formula is C5H9NO5. The molecule has 0 saturated heterocycles. The zero-order valence-electron chi connectivity index (χ0n) is 5.90. The number of aliphatic hydroxyl groups is 1. The number of carbonyl (C=O) groups excluding carboxylic acids is 1. The zero-order chi connectivity index (χ0) is 8.85. The number of hydrogen-bond acceptors (Lipinski definition) is 4. The van der Waals surface area contributed by atoms with E-state index < -0.39 is 24.7 Å². The Morgan fingerprint density at radius 3 is 2.45 bits per heavy atom. The second-order valence-corrected chi connectivity index (χ2v) is 1.71. The highest BCUT2D eigenvalue weighted by molar-refractivity contribution is 5.79. The number of ether oxygens (including phenoxy) is 1. The first-order chi connectivity index (χ1) is 5.11. The minimum absolute atomic E-state index is 0.662. The van der Waals surface area contributed by atoms with Gasteiger partial charge in [0.15, 0.2) is 6.04 Å². The minimum Gasteiger partial charge on any atom is -0.480 e. The van der Waals surface area contributed by atoms with Crippen LogP contribution in [0.2, 0.25) is 0 Å². The zero-order valence-corrected chi connectivity index (χ0v) is 5.90. The van der Waals surface area contributed by atoms with Gasteiger partial charge in [-0.1, -0.05) is 0 Å². The summed E-state index contributed by atoms with van der Waals surface area (Å²) in [5.41, 5.74) is 0. The second-order valence-electron chi connectivity index (χ2n) is 1.71. The van der Waals surface area contributed by atoms with Crippen LogP contribution in [0.3, 0.4) is 0 Å². The molecule has 0 aromatic rings. The van der Waals surface area contributed by atoms with Gasteiger partial charge < -0.3 is 20.3 Å². The Bertz CT molecular complexity index is 157. The van der Waals surface area contributed by atoms with Gasteiger partial charge in [0.05, 0.1) is 13.7 Å². The highest BCUT2D eigenvalue weighted by Gasteiger charge is 2.18. The number of aliphatic hydroxyl groups excluding tert-OH is 1. The molecular weight excluding hydrogens is 154 g/mol. The van der Waals surface area contributed by atoms with Crippen molar-refractivity contribution < 1.29 is 24.5 Å². The fourth-order valence-electron chi connectivity index (χ4n) is 0.387. The summed E-state index contributed by atoms with van der Waals surface area (Å²) in [4.78, 5) is 20.5. The summed E-state index contributed by atoms with van der Waals surface area (Å²) in [5, 5.41) is 18.6. The lowest BCUT2D eigenvalue weighted by Gasteiger charge is -2.09. The lowest BCUT2D eigenvalue weighted by Crippen LogP contribution is -2.43. The van der Waals surface area contributed by atoms with E-state index in [9.17, 15) is 9.59 Å². The monoisotopic (exact) mass is 163 g/mol. The van der Waals surface area contributed by atoms with Crippen molar-refractivity contribution >= 4 is 12.1 Å². The van der Waals surface area contributed by atoms with Gasteiger partial charge in [-0.05, 0) is 0 Å². The maximum absolute atomic E-state index is 10.4. The molecule has 1 unspecified atom stereocenters. The molecule has 0 heterocycles.